The van der Waals surface area contributed by atoms with Crippen LogP contribution >= 0.6 is 65.4 Å². The fourth-order valence-corrected chi connectivity index (χ4v) is 6.38. The molecule has 0 fully saturated rings. The first kappa shape index (κ1) is 23.6. The quantitative estimate of drug-likeness (QED) is 0.0490. The Kier molecular flexibility index (Phi) is 16.0. The summed E-state index contributed by atoms with van der Waals surface area (Å²) in [6.45, 7) is 5.37. The summed E-state index contributed by atoms with van der Waals surface area (Å²) >= 11 is 7.97. The number of ether oxygens (including phenoxy) is 1. The molecular weight excluding hydrogens is 633 g/mol. The largest absolute Gasteiger partial charge is 0.460 e. The smallest absolute Gasteiger partial charge is 0.330 e. The van der Waals surface area contributed by atoms with E-state index >= 15 is 0 Å². The van der Waals surface area contributed by atoms with Crippen LogP contribution in [0.4, 0.5) is 0 Å². The van der Waals surface area contributed by atoms with Gasteiger partial charge >= 0.3 is 5.97 Å². The summed E-state index contributed by atoms with van der Waals surface area (Å²) < 4.78 is 4.25. The first-order chi connectivity index (χ1) is 10.3. The number of unbranched alkanes of at least 4 members (excludes halogenated alkanes) is 8. The van der Waals surface area contributed by atoms with E-state index in [1.54, 1.807) is 0 Å². The highest BCUT2D eigenvalue weighted by atomic mass is 127. The van der Waals surface area contributed by atoms with E-state index in [-0.39, 0.29) is 12.1 Å². The summed E-state index contributed by atoms with van der Waals surface area (Å²) in [5.41, 5.74) is 0. The van der Waals surface area contributed by atoms with E-state index in [4.69, 9.17) is 4.74 Å². The zero-order valence-corrected chi connectivity index (χ0v) is 21.1. The Bertz CT molecular complexity index is 306. The number of hydrogen-bond acceptors (Lipinski definition) is 2. The molecule has 6 heteroatoms. The third-order valence-corrected chi connectivity index (χ3v) is 9.33. The van der Waals surface area contributed by atoms with Gasteiger partial charge in [-0.25, -0.2) is 4.79 Å². The summed E-state index contributed by atoms with van der Waals surface area (Å²) in [4.78, 5) is 11.0. The lowest BCUT2D eigenvalue weighted by molar-refractivity contribution is -0.142. The van der Waals surface area contributed by atoms with Crippen LogP contribution in [0.2, 0.25) is 6.04 Å². The maximum absolute atomic E-state index is 11.0. The van der Waals surface area contributed by atoms with Crippen LogP contribution in [0, 0.1) is 0 Å². The van der Waals surface area contributed by atoms with E-state index in [1.807, 2.05) is 6.92 Å². The van der Waals surface area contributed by atoms with Gasteiger partial charge in [0.1, 0.15) is 0 Å². The van der Waals surface area contributed by atoms with Crippen LogP contribution < -0.4 is 0 Å². The molecule has 2 nitrogen and oxygen atoms in total. The minimum atomic E-state index is -0.897. The molecule has 0 aromatic carbocycles. The minimum absolute atomic E-state index is 0.0230. The average molecular weight is 662 g/mol. The third kappa shape index (κ3) is 18.0. The first-order valence-corrected chi connectivity index (χ1v) is 19.8. The molecule has 0 saturated heterocycles. The average Bonchev–Trinajstić information content (AvgIpc) is 2.43. The fourth-order valence-electron chi connectivity index (χ4n) is 2.30. The molecule has 0 aromatic rings. The van der Waals surface area contributed by atoms with Crippen LogP contribution in [0.3, 0.4) is 0 Å². The molecule has 0 amide bonds. The Labute approximate surface area is 175 Å². The molecule has 0 heterocycles. The molecular formula is C16H29I3O2Si. The van der Waals surface area contributed by atoms with Crippen molar-refractivity contribution in [3.05, 3.63) is 12.7 Å². The molecule has 1 atom stereocenters. The highest BCUT2D eigenvalue weighted by Crippen LogP contribution is 2.35. The van der Waals surface area contributed by atoms with E-state index in [0.29, 0.717) is 0 Å². The summed E-state index contributed by atoms with van der Waals surface area (Å²) in [6.07, 6.45) is 14.3. The molecule has 0 bridgehead atoms. The summed E-state index contributed by atoms with van der Waals surface area (Å²) in [6, 6.07) is 1.45. The van der Waals surface area contributed by atoms with E-state index in [9.17, 15) is 4.79 Å². The lowest BCUT2D eigenvalue weighted by Crippen LogP contribution is -2.12. The second-order valence-corrected chi connectivity index (χ2v) is 42.7. The Morgan fingerprint density at radius 3 is 1.91 bits per heavy atom. The Morgan fingerprint density at radius 1 is 1.00 bits per heavy atom. The molecule has 22 heavy (non-hydrogen) atoms. The van der Waals surface area contributed by atoms with Gasteiger partial charge in [0.2, 0.25) is 0 Å². The van der Waals surface area contributed by atoms with Crippen LogP contribution in [0.5, 0.6) is 0 Å². The van der Waals surface area contributed by atoms with Crippen LogP contribution in [0.15, 0.2) is 12.7 Å². The van der Waals surface area contributed by atoms with Crippen molar-refractivity contribution in [3.63, 3.8) is 0 Å². The number of carbonyl (C=O) groups excluding carboxylic acids is 1. The number of carbonyl (C=O) groups is 1. The van der Waals surface area contributed by atoms with Gasteiger partial charge in [0.15, 0.2) is 0 Å². The van der Waals surface area contributed by atoms with Crippen molar-refractivity contribution >= 4 is 71.9 Å². The van der Waals surface area contributed by atoms with Crippen molar-refractivity contribution in [2.24, 2.45) is 0 Å². The van der Waals surface area contributed by atoms with Gasteiger partial charge in [-0.1, -0.05) is 123 Å². The topological polar surface area (TPSA) is 26.3 Å². The molecule has 0 radical (unpaired) electrons. The molecule has 0 spiro atoms. The van der Waals surface area contributed by atoms with Gasteiger partial charge in [-0.3, -0.25) is 0 Å². The Morgan fingerprint density at radius 2 is 1.45 bits per heavy atom. The normalized spacial score (nSPS) is 12.9. The number of halogens is 3. The van der Waals surface area contributed by atoms with E-state index in [2.05, 4.69) is 72.0 Å². The monoisotopic (exact) mass is 662 g/mol. The second kappa shape index (κ2) is 14.9. The van der Waals surface area contributed by atoms with Crippen molar-refractivity contribution in [2.45, 2.75) is 83.3 Å². The van der Waals surface area contributed by atoms with Crippen molar-refractivity contribution < 1.29 is 9.53 Å². The lowest BCUT2D eigenvalue weighted by atomic mass is 10.1. The van der Waals surface area contributed by atoms with Crippen molar-refractivity contribution in [1.29, 1.82) is 0 Å². The van der Waals surface area contributed by atoms with Crippen LogP contribution in [0.1, 0.15) is 71.1 Å². The van der Waals surface area contributed by atoms with Gasteiger partial charge in [-0.05, 0) is 25.8 Å². The molecule has 1 unspecified atom stereocenters. The van der Waals surface area contributed by atoms with Crippen molar-refractivity contribution in [1.82, 2.24) is 0 Å². The van der Waals surface area contributed by atoms with Gasteiger partial charge in [0.05, 0.1) is 6.10 Å². The highest BCUT2D eigenvalue weighted by Gasteiger charge is 2.19. The van der Waals surface area contributed by atoms with Gasteiger partial charge in [0.25, 0.3) is 0.564 Å². The SMILES string of the molecule is C=CC(=O)OC(C)CCCCCCCCCCC[Si](I)(I)I. The van der Waals surface area contributed by atoms with Gasteiger partial charge in [-0.2, -0.15) is 0 Å². The minimum Gasteiger partial charge on any atom is -0.460 e. The number of hydrogen-bond donors (Lipinski definition) is 0. The van der Waals surface area contributed by atoms with Crippen molar-refractivity contribution in [2.75, 3.05) is 0 Å². The number of esters is 1. The molecule has 0 saturated carbocycles. The van der Waals surface area contributed by atoms with Gasteiger partial charge < -0.3 is 4.74 Å². The molecule has 0 aromatic heterocycles. The zero-order valence-electron chi connectivity index (χ0n) is 13.6. The van der Waals surface area contributed by atoms with E-state index in [1.165, 1.54) is 63.5 Å². The lowest BCUT2D eigenvalue weighted by Gasteiger charge is -2.11. The summed E-state index contributed by atoms with van der Waals surface area (Å²) in [5.74, 6) is -0.305. The molecule has 0 aliphatic heterocycles. The fraction of sp³-hybridized carbons (Fsp3) is 0.812. The Hall–Kier alpha value is 1.62. The summed E-state index contributed by atoms with van der Waals surface area (Å²) in [7, 11) is 0. The predicted octanol–water partition coefficient (Wildman–Crippen LogP) is 7.25. The standard InChI is InChI=1S/C16H29I3O2Si/c1-3-16(20)21-15(2)13-11-9-7-5-4-6-8-10-12-14-22(17,18)19/h3,15H,1,4-14H2,2H3. The van der Waals surface area contributed by atoms with Crippen molar-refractivity contribution in [3.8, 4) is 0 Å². The van der Waals surface area contributed by atoms with Gasteiger partial charge in [-0.15, -0.1) is 0 Å². The Balaban J connectivity index is 3.24. The molecule has 0 aliphatic rings. The second-order valence-electron chi connectivity index (χ2n) is 5.79. The molecule has 0 N–H and O–H groups in total. The van der Waals surface area contributed by atoms with Gasteiger partial charge in [0, 0.05) is 6.08 Å². The van der Waals surface area contributed by atoms with E-state index in [0.717, 1.165) is 12.8 Å². The molecule has 0 aliphatic carbocycles. The zero-order chi connectivity index (χ0) is 16.8. The highest BCUT2D eigenvalue weighted by molar-refractivity contribution is 14.4. The number of rotatable bonds is 14. The molecule has 0 rings (SSSR count). The maximum Gasteiger partial charge on any atom is 0.330 e. The summed E-state index contributed by atoms with van der Waals surface area (Å²) in [5, 5.41) is 0. The van der Waals surface area contributed by atoms with Crippen LogP contribution in [-0.2, 0) is 9.53 Å². The van der Waals surface area contributed by atoms with Crippen LogP contribution in [-0.4, -0.2) is 12.6 Å². The van der Waals surface area contributed by atoms with E-state index < -0.39 is 0.564 Å². The maximum atomic E-state index is 11.0. The predicted molar refractivity (Wildman–Crippen MR) is 125 cm³/mol. The van der Waals surface area contributed by atoms with Crippen LogP contribution in [0.25, 0.3) is 0 Å². The molecule has 130 valence electrons. The first-order valence-electron chi connectivity index (χ1n) is 8.25. The third-order valence-electron chi connectivity index (χ3n) is 3.55.